The lowest BCUT2D eigenvalue weighted by Gasteiger charge is -2.39. The van der Waals surface area contributed by atoms with E-state index in [1.54, 1.807) is 35.0 Å². The molecule has 1 saturated heterocycles. The van der Waals surface area contributed by atoms with Crippen molar-refractivity contribution in [3.05, 3.63) is 35.4 Å². The molecule has 5 rings (SSSR count). The van der Waals surface area contributed by atoms with Crippen LogP contribution in [0.1, 0.15) is 55.6 Å². The zero-order valence-corrected chi connectivity index (χ0v) is 21.7. The summed E-state index contributed by atoms with van der Waals surface area (Å²) in [6.07, 6.45) is 4.09. The first kappa shape index (κ1) is 25.9. The summed E-state index contributed by atoms with van der Waals surface area (Å²) in [5, 5.41) is 19.8. The van der Waals surface area contributed by atoms with Gasteiger partial charge in [0, 0.05) is 25.9 Å². The standard InChI is InChI=1S/C25H31F2N9O2/c1-4-17-20(36-13-15(9-22(37)38-3)10-25(26,27)14-36)8-7-18(30-17)23-21(35(2)34-32-23)12-28-24-31-19(11-29-33-24)16-5-6-16/h7-8,11,15-16H,4-6,9-10,12-14H2,1-3H3,(H,28,31,33)/t15-/m1/s1. The molecule has 2 fully saturated rings. The molecule has 1 N–H and O–H groups in total. The Bertz CT molecular complexity index is 1310. The van der Waals surface area contributed by atoms with Crippen molar-refractivity contribution in [1.82, 2.24) is 35.2 Å². The highest BCUT2D eigenvalue weighted by Gasteiger charge is 2.41. The Morgan fingerprint density at radius 1 is 1.24 bits per heavy atom. The van der Waals surface area contributed by atoms with Crippen molar-refractivity contribution in [2.75, 3.05) is 30.4 Å². The monoisotopic (exact) mass is 527 g/mol. The van der Waals surface area contributed by atoms with E-state index in [1.807, 2.05) is 6.92 Å². The number of aryl methyl sites for hydroxylation is 2. The fraction of sp³-hybridized carbons (Fsp3) is 0.560. The minimum Gasteiger partial charge on any atom is -0.469 e. The van der Waals surface area contributed by atoms with Crippen LogP contribution < -0.4 is 10.2 Å². The van der Waals surface area contributed by atoms with E-state index in [-0.39, 0.29) is 12.8 Å². The number of ether oxygens (including phenoxy) is 1. The molecule has 0 unspecified atom stereocenters. The van der Waals surface area contributed by atoms with E-state index in [9.17, 15) is 13.6 Å². The second-order valence-corrected chi connectivity index (χ2v) is 9.94. The number of pyridine rings is 1. The van der Waals surface area contributed by atoms with Gasteiger partial charge in [0.05, 0.1) is 61.3 Å². The van der Waals surface area contributed by atoms with Crippen molar-refractivity contribution in [1.29, 1.82) is 0 Å². The molecule has 1 aliphatic carbocycles. The quantitative estimate of drug-likeness (QED) is 0.415. The number of halogens is 2. The lowest BCUT2D eigenvalue weighted by atomic mass is 9.91. The van der Waals surface area contributed by atoms with Crippen LogP contribution in [-0.4, -0.2) is 67.3 Å². The molecule has 1 atom stereocenters. The van der Waals surface area contributed by atoms with Crippen molar-refractivity contribution < 1.29 is 18.3 Å². The first-order valence-corrected chi connectivity index (χ1v) is 12.8. The first-order chi connectivity index (χ1) is 18.3. The molecule has 0 radical (unpaired) electrons. The van der Waals surface area contributed by atoms with Crippen molar-refractivity contribution in [2.24, 2.45) is 13.0 Å². The van der Waals surface area contributed by atoms with Crippen molar-refractivity contribution in [3.8, 4) is 11.4 Å². The van der Waals surface area contributed by atoms with Gasteiger partial charge in [-0.15, -0.1) is 10.2 Å². The van der Waals surface area contributed by atoms with Gasteiger partial charge in [-0.3, -0.25) is 4.79 Å². The Morgan fingerprint density at radius 2 is 2.05 bits per heavy atom. The maximum atomic E-state index is 14.6. The Kier molecular flexibility index (Phi) is 7.17. The van der Waals surface area contributed by atoms with E-state index < -0.39 is 24.4 Å². The van der Waals surface area contributed by atoms with Crippen LogP contribution >= 0.6 is 0 Å². The van der Waals surface area contributed by atoms with Crippen LogP contribution in [0, 0.1) is 5.92 Å². The van der Waals surface area contributed by atoms with Gasteiger partial charge in [-0.1, -0.05) is 12.1 Å². The Morgan fingerprint density at radius 3 is 2.79 bits per heavy atom. The Balaban J connectivity index is 1.37. The van der Waals surface area contributed by atoms with E-state index in [0.717, 1.165) is 24.2 Å². The second-order valence-electron chi connectivity index (χ2n) is 9.94. The summed E-state index contributed by atoms with van der Waals surface area (Å²) >= 11 is 0. The SMILES string of the molecule is CCc1nc(-c2nnn(C)c2CNc2nncc(C3CC3)n2)ccc1N1C[C@H](CC(=O)OC)CC(F)(F)C1. The van der Waals surface area contributed by atoms with Gasteiger partial charge in [0.25, 0.3) is 5.92 Å². The van der Waals surface area contributed by atoms with Gasteiger partial charge in [-0.2, -0.15) is 5.10 Å². The topological polar surface area (TPSA) is 124 Å². The molecule has 4 heterocycles. The molecule has 0 aromatic carbocycles. The number of aromatic nitrogens is 7. The largest absolute Gasteiger partial charge is 0.469 e. The lowest BCUT2D eigenvalue weighted by molar-refractivity contribution is -0.142. The second kappa shape index (κ2) is 10.5. The fourth-order valence-corrected chi connectivity index (χ4v) is 4.92. The van der Waals surface area contributed by atoms with Crippen LogP contribution in [0.2, 0.25) is 0 Å². The molecular weight excluding hydrogens is 496 g/mol. The average molecular weight is 528 g/mol. The van der Waals surface area contributed by atoms with Crippen LogP contribution in [0.4, 0.5) is 20.4 Å². The van der Waals surface area contributed by atoms with Gasteiger partial charge >= 0.3 is 5.97 Å². The fourth-order valence-electron chi connectivity index (χ4n) is 4.92. The molecule has 3 aromatic rings. The predicted molar refractivity (Wildman–Crippen MR) is 135 cm³/mol. The minimum absolute atomic E-state index is 0.0473. The number of hydrogen-bond acceptors (Lipinski definition) is 10. The molecule has 2 aliphatic rings. The molecule has 1 saturated carbocycles. The Hall–Kier alpha value is -3.77. The maximum absolute atomic E-state index is 14.6. The van der Waals surface area contributed by atoms with E-state index in [4.69, 9.17) is 9.72 Å². The van der Waals surface area contributed by atoms with Crippen LogP contribution in [-0.2, 0) is 29.5 Å². The number of nitrogens with zero attached hydrogens (tertiary/aromatic N) is 8. The van der Waals surface area contributed by atoms with Crippen molar-refractivity contribution >= 4 is 17.6 Å². The highest BCUT2D eigenvalue weighted by atomic mass is 19.3. The lowest BCUT2D eigenvalue weighted by Crippen LogP contribution is -2.48. The minimum atomic E-state index is -2.92. The van der Waals surface area contributed by atoms with E-state index >= 15 is 0 Å². The number of anilines is 2. The van der Waals surface area contributed by atoms with Gasteiger partial charge in [-0.25, -0.2) is 23.4 Å². The van der Waals surface area contributed by atoms with E-state index in [0.29, 0.717) is 54.1 Å². The molecule has 13 heteroatoms. The highest BCUT2D eigenvalue weighted by Crippen LogP contribution is 2.39. The van der Waals surface area contributed by atoms with Gasteiger partial charge in [0.15, 0.2) is 0 Å². The third-order valence-electron chi connectivity index (χ3n) is 6.97. The molecule has 0 amide bonds. The van der Waals surface area contributed by atoms with Crippen molar-refractivity contribution in [3.63, 3.8) is 0 Å². The number of carbonyl (C=O) groups excluding carboxylic acids is 1. The first-order valence-electron chi connectivity index (χ1n) is 12.8. The summed E-state index contributed by atoms with van der Waals surface area (Å²) in [7, 11) is 3.06. The van der Waals surface area contributed by atoms with Crippen LogP contribution in [0.15, 0.2) is 18.3 Å². The zero-order chi connectivity index (χ0) is 26.9. The predicted octanol–water partition coefficient (Wildman–Crippen LogP) is 3.14. The summed E-state index contributed by atoms with van der Waals surface area (Å²) in [4.78, 5) is 22.7. The van der Waals surface area contributed by atoms with Crippen LogP contribution in [0.3, 0.4) is 0 Å². The number of piperidine rings is 1. The summed E-state index contributed by atoms with van der Waals surface area (Å²) in [6.45, 7) is 2.19. The summed E-state index contributed by atoms with van der Waals surface area (Å²) in [5.41, 5.74) is 4.19. The van der Waals surface area contributed by atoms with E-state index in [2.05, 4.69) is 30.8 Å². The number of esters is 1. The number of hydrogen-bond donors (Lipinski definition) is 1. The smallest absolute Gasteiger partial charge is 0.305 e. The Labute approximate surface area is 219 Å². The molecular formula is C25H31F2N9O2. The molecule has 38 heavy (non-hydrogen) atoms. The molecule has 0 spiro atoms. The molecule has 1 aliphatic heterocycles. The van der Waals surface area contributed by atoms with Gasteiger partial charge < -0.3 is 15.0 Å². The van der Waals surface area contributed by atoms with Crippen LogP contribution in [0.5, 0.6) is 0 Å². The molecule has 0 bridgehead atoms. The highest BCUT2D eigenvalue weighted by molar-refractivity contribution is 5.70. The van der Waals surface area contributed by atoms with Crippen LogP contribution in [0.25, 0.3) is 11.4 Å². The van der Waals surface area contributed by atoms with Crippen molar-refractivity contribution in [2.45, 2.75) is 57.4 Å². The van der Waals surface area contributed by atoms with Gasteiger partial charge in [0.1, 0.15) is 5.69 Å². The summed E-state index contributed by atoms with van der Waals surface area (Å²) in [6, 6.07) is 3.58. The number of alkyl halides is 2. The third-order valence-corrected chi connectivity index (χ3v) is 6.97. The normalized spacial score (nSPS) is 18.9. The summed E-state index contributed by atoms with van der Waals surface area (Å²) < 4.78 is 35.6. The maximum Gasteiger partial charge on any atom is 0.305 e. The number of carbonyl (C=O) groups is 1. The number of methoxy groups -OCH3 is 1. The molecule has 202 valence electrons. The molecule has 3 aromatic heterocycles. The zero-order valence-electron chi connectivity index (χ0n) is 21.7. The summed E-state index contributed by atoms with van der Waals surface area (Å²) in [5.74, 6) is -3.01. The molecule has 11 nitrogen and oxygen atoms in total. The number of nitrogens with one attached hydrogen (secondary N) is 1. The third kappa shape index (κ3) is 5.70. The van der Waals surface area contributed by atoms with Gasteiger partial charge in [-0.05, 0) is 37.3 Å². The number of rotatable bonds is 9. The van der Waals surface area contributed by atoms with E-state index in [1.165, 1.54) is 7.11 Å². The average Bonchev–Trinajstić information content (AvgIpc) is 3.69. The van der Waals surface area contributed by atoms with Gasteiger partial charge in [0.2, 0.25) is 5.95 Å².